The van der Waals surface area contributed by atoms with Gasteiger partial charge in [0.15, 0.2) is 23.1 Å². The molecule has 0 spiro atoms. The molecule has 2 rings (SSSR count). The third kappa shape index (κ3) is 8.72. The molecule has 0 saturated carbocycles. The van der Waals surface area contributed by atoms with Gasteiger partial charge >= 0.3 is 0 Å². The summed E-state index contributed by atoms with van der Waals surface area (Å²) in [4.78, 5) is 2.43. The largest absolute Gasteiger partial charge is 0.493 e. The maximum absolute atomic E-state index is 6.05. The van der Waals surface area contributed by atoms with Gasteiger partial charge in [-0.2, -0.15) is 0 Å². The van der Waals surface area contributed by atoms with Gasteiger partial charge in [-0.25, -0.2) is 0 Å². The Balaban J connectivity index is 1.82. The van der Waals surface area contributed by atoms with Crippen molar-refractivity contribution in [3.05, 3.63) is 58.6 Å². The predicted octanol–water partition coefficient (Wildman–Crippen LogP) is 5.00. The molecule has 0 heterocycles. The van der Waals surface area contributed by atoms with E-state index in [1.54, 1.807) is 7.11 Å². The van der Waals surface area contributed by atoms with Gasteiger partial charge in [0.1, 0.15) is 6.61 Å². The van der Waals surface area contributed by atoms with Crippen molar-refractivity contribution in [1.29, 1.82) is 0 Å². The Kier molecular flexibility index (Phi) is 10.7. The van der Waals surface area contributed by atoms with E-state index in [-0.39, 0.29) is 0 Å². The molecule has 172 valence electrons. The van der Waals surface area contributed by atoms with E-state index in [9.17, 15) is 0 Å². The number of halogens is 1. The molecule has 1 N–H and O–H groups in total. The van der Waals surface area contributed by atoms with Crippen LogP contribution in [0.15, 0.2) is 42.5 Å². The SMILES string of the molecule is COc1cc(CC[C@@H](C)NCc2ccc([ClH+])cc2)ccc1OCCN(C(C)C)C(C)C. The Morgan fingerprint density at radius 1 is 0.903 bits per heavy atom. The van der Waals surface area contributed by atoms with Gasteiger partial charge in [-0.15, -0.1) is 0 Å². The average molecular weight is 448 g/mol. The Morgan fingerprint density at radius 2 is 1.55 bits per heavy atom. The monoisotopic (exact) mass is 447 g/mol. The van der Waals surface area contributed by atoms with Crippen LogP contribution in [-0.4, -0.2) is 43.3 Å². The molecule has 0 bridgehead atoms. The number of ether oxygens (including phenoxy) is 2. The van der Waals surface area contributed by atoms with E-state index in [1.807, 2.05) is 18.2 Å². The van der Waals surface area contributed by atoms with Gasteiger partial charge in [-0.3, -0.25) is 4.90 Å². The fourth-order valence-electron chi connectivity index (χ4n) is 3.75. The van der Waals surface area contributed by atoms with Crippen molar-refractivity contribution in [2.24, 2.45) is 0 Å². The fourth-order valence-corrected chi connectivity index (χ4v) is 3.88. The molecule has 1 atom stereocenters. The molecule has 0 aliphatic heterocycles. The summed E-state index contributed by atoms with van der Waals surface area (Å²) >= 11 is 5.15. The maximum atomic E-state index is 6.05. The number of hydrogen-bond donors (Lipinski definition) is 1. The lowest BCUT2D eigenvalue weighted by molar-refractivity contribution is -0.288. The first-order chi connectivity index (χ1) is 14.8. The van der Waals surface area contributed by atoms with Crippen molar-refractivity contribution < 1.29 is 21.1 Å². The molecule has 0 radical (unpaired) electrons. The molecule has 5 heteroatoms. The van der Waals surface area contributed by atoms with Crippen LogP contribution in [0.25, 0.3) is 0 Å². The van der Waals surface area contributed by atoms with Crippen molar-refractivity contribution in [1.82, 2.24) is 10.2 Å². The van der Waals surface area contributed by atoms with E-state index in [0.29, 0.717) is 24.7 Å². The number of methoxy groups -OCH3 is 1. The second-order valence-electron chi connectivity index (χ2n) is 8.72. The predicted molar refractivity (Wildman–Crippen MR) is 127 cm³/mol. The van der Waals surface area contributed by atoms with Crippen LogP contribution < -0.4 is 14.8 Å². The lowest BCUT2D eigenvalue weighted by Gasteiger charge is -2.30. The van der Waals surface area contributed by atoms with Crippen LogP contribution in [-0.2, 0) is 13.0 Å². The van der Waals surface area contributed by atoms with Crippen LogP contribution in [0.5, 0.6) is 11.5 Å². The van der Waals surface area contributed by atoms with E-state index in [4.69, 9.17) is 21.1 Å². The van der Waals surface area contributed by atoms with Crippen LogP contribution in [0, 0.1) is 11.6 Å². The number of benzene rings is 2. The third-order valence-corrected chi connectivity index (χ3v) is 5.88. The van der Waals surface area contributed by atoms with Gasteiger partial charge in [0.05, 0.1) is 7.11 Å². The van der Waals surface area contributed by atoms with Gasteiger partial charge < -0.3 is 14.8 Å². The van der Waals surface area contributed by atoms with Crippen LogP contribution in [0.4, 0.5) is 0 Å². The molecule has 2 aromatic carbocycles. The standard InChI is InChI=1S/C26H40ClN2O2/c1-19(2)29(20(3)4)15-16-31-25-14-11-22(17-26(25)30-6)8-7-21(5)28-18-23-9-12-24(27)13-10-23/h9-14,17,19-21,27-28H,7-8,15-16,18H2,1-6H3/q+1/t21-/m1/s1. The third-order valence-electron chi connectivity index (χ3n) is 5.61. The zero-order valence-electron chi connectivity index (χ0n) is 20.0. The molecule has 0 aliphatic carbocycles. The zero-order valence-corrected chi connectivity index (χ0v) is 20.8. The summed E-state index contributed by atoms with van der Waals surface area (Å²) < 4.78 is 11.6. The summed E-state index contributed by atoms with van der Waals surface area (Å²) in [7, 11) is 1.71. The first-order valence-corrected chi connectivity index (χ1v) is 11.8. The van der Waals surface area contributed by atoms with Crippen molar-refractivity contribution in [3.8, 4) is 11.5 Å². The molecular formula is C26H40ClN2O2+. The summed E-state index contributed by atoms with van der Waals surface area (Å²) in [6, 6.07) is 15.9. The van der Waals surface area contributed by atoms with Crippen molar-refractivity contribution in [2.75, 3.05) is 20.3 Å². The highest BCUT2D eigenvalue weighted by Gasteiger charge is 2.14. The summed E-state index contributed by atoms with van der Waals surface area (Å²) in [5, 5.41) is 4.48. The second-order valence-corrected chi connectivity index (χ2v) is 9.19. The van der Waals surface area contributed by atoms with Crippen molar-refractivity contribution in [2.45, 2.75) is 72.1 Å². The highest BCUT2D eigenvalue weighted by molar-refractivity contribution is 5.43. The van der Waals surface area contributed by atoms with Gasteiger partial charge in [0, 0.05) is 43.3 Å². The number of aryl methyl sites for hydroxylation is 1. The minimum atomic E-state index is 0.420. The Morgan fingerprint density at radius 3 is 2.16 bits per heavy atom. The van der Waals surface area contributed by atoms with Gasteiger partial charge in [0.25, 0.3) is 0 Å². The normalized spacial score (nSPS) is 12.6. The molecule has 0 aliphatic rings. The summed E-state index contributed by atoms with van der Waals surface area (Å²) in [6.07, 6.45) is 2.05. The first-order valence-electron chi connectivity index (χ1n) is 11.3. The van der Waals surface area contributed by atoms with Crippen LogP contribution >= 0.6 is 0 Å². The van der Waals surface area contributed by atoms with E-state index in [0.717, 1.165) is 42.5 Å². The summed E-state index contributed by atoms with van der Waals surface area (Å²) in [6.45, 7) is 13.5. The molecule has 0 amide bonds. The van der Waals surface area contributed by atoms with Gasteiger partial charge in [-0.05, 0) is 70.7 Å². The summed E-state index contributed by atoms with van der Waals surface area (Å²) in [5.74, 6) is 1.62. The Labute approximate surface area is 193 Å². The fraction of sp³-hybridized carbons (Fsp3) is 0.538. The first kappa shape index (κ1) is 25.5. The van der Waals surface area contributed by atoms with Crippen molar-refractivity contribution in [3.63, 3.8) is 0 Å². The Hall–Kier alpha value is -1.75. The van der Waals surface area contributed by atoms with Crippen molar-refractivity contribution >= 4 is 0 Å². The molecule has 0 fully saturated rings. The highest BCUT2D eigenvalue weighted by atomic mass is 35.5. The Bertz CT molecular complexity index is 769. The van der Waals surface area contributed by atoms with Crippen LogP contribution in [0.3, 0.4) is 0 Å². The molecule has 4 nitrogen and oxygen atoms in total. The zero-order chi connectivity index (χ0) is 22.8. The highest BCUT2D eigenvalue weighted by Crippen LogP contribution is 2.28. The smallest absolute Gasteiger partial charge is 0.225 e. The molecule has 0 aromatic heterocycles. The lowest BCUT2D eigenvalue weighted by atomic mass is 10.1. The molecule has 0 unspecified atom stereocenters. The molecule has 2 aromatic rings. The number of nitrogens with one attached hydrogen (secondary N) is 1. The van der Waals surface area contributed by atoms with E-state index in [2.05, 4.69) is 69.1 Å². The molecular weight excluding hydrogens is 408 g/mol. The minimum Gasteiger partial charge on any atom is -0.493 e. The number of rotatable bonds is 13. The van der Waals surface area contributed by atoms with E-state index < -0.39 is 0 Å². The second kappa shape index (κ2) is 12.9. The van der Waals surface area contributed by atoms with Gasteiger partial charge in [-0.1, -0.05) is 18.2 Å². The minimum absolute atomic E-state index is 0.420. The number of hydrogen-bond acceptors (Lipinski definition) is 4. The van der Waals surface area contributed by atoms with E-state index >= 15 is 0 Å². The lowest BCUT2D eigenvalue weighted by Crippen LogP contribution is -2.39. The number of nitrogens with zero attached hydrogens (tertiary/aromatic N) is 1. The maximum Gasteiger partial charge on any atom is 0.225 e. The topological polar surface area (TPSA) is 33.7 Å². The molecule has 31 heavy (non-hydrogen) atoms. The van der Waals surface area contributed by atoms with Crippen LogP contribution in [0.1, 0.15) is 52.2 Å². The average Bonchev–Trinajstić information content (AvgIpc) is 2.74. The van der Waals surface area contributed by atoms with Gasteiger partial charge in [0.2, 0.25) is 5.02 Å². The van der Waals surface area contributed by atoms with E-state index in [1.165, 1.54) is 11.1 Å². The molecule has 0 saturated heterocycles. The quantitative estimate of drug-likeness (QED) is 0.468. The summed E-state index contributed by atoms with van der Waals surface area (Å²) in [5.41, 5.74) is 2.52. The van der Waals surface area contributed by atoms with Crippen LogP contribution in [0.2, 0.25) is 5.02 Å².